The van der Waals surface area contributed by atoms with Gasteiger partial charge in [-0.05, 0) is 35.7 Å². The molecule has 0 aliphatic heterocycles. The fraction of sp³-hybridized carbons (Fsp3) is 0.200. The second kappa shape index (κ2) is 5.26. The molecule has 0 aromatic heterocycles. The lowest BCUT2D eigenvalue weighted by atomic mass is 10.0. The molecule has 0 atom stereocenters. The molecular formula is C15H16F2N2. The van der Waals surface area contributed by atoms with Crippen LogP contribution in [0, 0.1) is 11.6 Å². The van der Waals surface area contributed by atoms with Gasteiger partial charge in [-0.15, -0.1) is 0 Å². The first-order valence-electron chi connectivity index (χ1n) is 6.09. The summed E-state index contributed by atoms with van der Waals surface area (Å²) in [6.07, 6.45) is 0. The lowest BCUT2D eigenvalue weighted by Gasteiger charge is -2.12. The highest BCUT2D eigenvalue weighted by atomic mass is 19.2. The van der Waals surface area contributed by atoms with Crippen LogP contribution in [-0.4, -0.2) is 0 Å². The van der Waals surface area contributed by atoms with E-state index in [1.165, 1.54) is 11.6 Å². The fourth-order valence-corrected chi connectivity index (χ4v) is 1.79. The van der Waals surface area contributed by atoms with Crippen LogP contribution < -0.4 is 11.1 Å². The van der Waals surface area contributed by atoms with Crippen molar-refractivity contribution in [3.63, 3.8) is 0 Å². The maximum atomic E-state index is 13.6. The molecule has 100 valence electrons. The van der Waals surface area contributed by atoms with Crippen LogP contribution in [0.3, 0.4) is 0 Å². The van der Waals surface area contributed by atoms with Crippen LogP contribution in [0.1, 0.15) is 25.3 Å². The number of halogens is 2. The third-order valence-electron chi connectivity index (χ3n) is 2.97. The van der Waals surface area contributed by atoms with Gasteiger partial charge in [0.15, 0.2) is 11.6 Å². The van der Waals surface area contributed by atoms with Crippen molar-refractivity contribution in [2.45, 2.75) is 19.8 Å². The Labute approximate surface area is 111 Å². The standard InChI is InChI=1S/C15H16F2N2/c1-9(2)10-3-5-11(6-4-10)19-15-13(18)8-7-12(16)14(15)17/h3-9,19H,18H2,1-2H3. The number of hydrogen-bond donors (Lipinski definition) is 2. The summed E-state index contributed by atoms with van der Waals surface area (Å²) in [6, 6.07) is 9.87. The summed E-state index contributed by atoms with van der Waals surface area (Å²) in [7, 11) is 0. The highest BCUT2D eigenvalue weighted by Gasteiger charge is 2.12. The SMILES string of the molecule is CC(C)c1ccc(Nc2c(N)ccc(F)c2F)cc1. The Morgan fingerprint density at radius 1 is 1.00 bits per heavy atom. The van der Waals surface area contributed by atoms with Gasteiger partial charge in [-0.3, -0.25) is 0 Å². The van der Waals surface area contributed by atoms with Gasteiger partial charge in [0.2, 0.25) is 0 Å². The van der Waals surface area contributed by atoms with Crippen molar-refractivity contribution in [2.24, 2.45) is 0 Å². The molecule has 4 heteroatoms. The fourth-order valence-electron chi connectivity index (χ4n) is 1.79. The molecule has 2 nitrogen and oxygen atoms in total. The third kappa shape index (κ3) is 2.84. The largest absolute Gasteiger partial charge is 0.397 e. The molecular weight excluding hydrogens is 246 g/mol. The van der Waals surface area contributed by atoms with E-state index in [0.29, 0.717) is 11.6 Å². The van der Waals surface area contributed by atoms with Gasteiger partial charge < -0.3 is 11.1 Å². The maximum Gasteiger partial charge on any atom is 0.184 e. The molecule has 0 aliphatic rings. The van der Waals surface area contributed by atoms with E-state index in [0.717, 1.165) is 6.07 Å². The maximum absolute atomic E-state index is 13.6. The van der Waals surface area contributed by atoms with E-state index in [9.17, 15) is 8.78 Å². The van der Waals surface area contributed by atoms with Gasteiger partial charge in [0.25, 0.3) is 0 Å². The number of nitrogens with two attached hydrogens (primary N) is 1. The molecule has 2 rings (SSSR count). The van der Waals surface area contributed by atoms with Gasteiger partial charge in [0.05, 0.1) is 5.69 Å². The Morgan fingerprint density at radius 2 is 1.63 bits per heavy atom. The number of rotatable bonds is 3. The van der Waals surface area contributed by atoms with Gasteiger partial charge in [-0.1, -0.05) is 26.0 Å². The van der Waals surface area contributed by atoms with E-state index >= 15 is 0 Å². The summed E-state index contributed by atoms with van der Waals surface area (Å²) in [5.41, 5.74) is 7.64. The van der Waals surface area contributed by atoms with Crippen molar-refractivity contribution in [3.05, 3.63) is 53.6 Å². The quantitative estimate of drug-likeness (QED) is 0.804. The van der Waals surface area contributed by atoms with Crippen LogP contribution in [0.5, 0.6) is 0 Å². The summed E-state index contributed by atoms with van der Waals surface area (Å²) in [6.45, 7) is 4.18. The van der Waals surface area contributed by atoms with Gasteiger partial charge in [-0.25, -0.2) is 8.78 Å². The number of anilines is 3. The second-order valence-electron chi connectivity index (χ2n) is 4.73. The minimum Gasteiger partial charge on any atom is -0.397 e. The average molecular weight is 262 g/mol. The molecule has 0 amide bonds. The van der Waals surface area contributed by atoms with Crippen LogP contribution in [0.2, 0.25) is 0 Å². The summed E-state index contributed by atoms with van der Waals surface area (Å²) in [5.74, 6) is -1.46. The molecule has 0 bridgehead atoms. The van der Waals surface area contributed by atoms with Crippen molar-refractivity contribution in [2.75, 3.05) is 11.1 Å². The first kappa shape index (κ1) is 13.3. The van der Waals surface area contributed by atoms with E-state index in [-0.39, 0.29) is 11.4 Å². The van der Waals surface area contributed by atoms with Gasteiger partial charge in [0.1, 0.15) is 5.69 Å². The summed E-state index contributed by atoms with van der Waals surface area (Å²) in [5, 5.41) is 2.81. The normalized spacial score (nSPS) is 10.8. The molecule has 0 radical (unpaired) electrons. The van der Waals surface area contributed by atoms with E-state index < -0.39 is 11.6 Å². The lowest BCUT2D eigenvalue weighted by molar-refractivity contribution is 0.512. The molecule has 0 aliphatic carbocycles. The Morgan fingerprint density at radius 3 is 2.21 bits per heavy atom. The Hall–Kier alpha value is -2.10. The van der Waals surface area contributed by atoms with E-state index in [4.69, 9.17) is 5.73 Å². The Bertz CT molecular complexity index is 577. The van der Waals surface area contributed by atoms with Gasteiger partial charge in [0, 0.05) is 5.69 Å². The molecule has 3 N–H and O–H groups in total. The lowest BCUT2D eigenvalue weighted by Crippen LogP contribution is -2.01. The monoisotopic (exact) mass is 262 g/mol. The molecule has 0 saturated carbocycles. The van der Waals surface area contributed by atoms with Crippen molar-refractivity contribution in [3.8, 4) is 0 Å². The molecule has 0 saturated heterocycles. The molecule has 0 unspecified atom stereocenters. The highest BCUT2D eigenvalue weighted by Crippen LogP contribution is 2.28. The highest BCUT2D eigenvalue weighted by molar-refractivity contribution is 5.73. The Kier molecular flexibility index (Phi) is 3.69. The zero-order chi connectivity index (χ0) is 14.0. The predicted molar refractivity (Wildman–Crippen MR) is 74.6 cm³/mol. The molecule has 2 aromatic carbocycles. The Balaban J connectivity index is 2.29. The zero-order valence-electron chi connectivity index (χ0n) is 10.9. The van der Waals surface area contributed by atoms with Crippen molar-refractivity contribution < 1.29 is 8.78 Å². The van der Waals surface area contributed by atoms with Gasteiger partial charge in [-0.2, -0.15) is 0 Å². The molecule has 0 fully saturated rings. The average Bonchev–Trinajstić information content (AvgIpc) is 2.40. The van der Waals surface area contributed by atoms with E-state index in [1.807, 2.05) is 24.3 Å². The minimum absolute atomic E-state index is 0.0303. The number of nitrogen functional groups attached to an aromatic ring is 1. The van der Waals surface area contributed by atoms with E-state index in [1.54, 1.807) is 0 Å². The van der Waals surface area contributed by atoms with E-state index in [2.05, 4.69) is 19.2 Å². The first-order valence-corrected chi connectivity index (χ1v) is 6.09. The van der Waals surface area contributed by atoms with Gasteiger partial charge >= 0.3 is 0 Å². The van der Waals surface area contributed by atoms with Crippen LogP contribution in [0.4, 0.5) is 25.8 Å². The summed E-state index contributed by atoms with van der Waals surface area (Å²) in [4.78, 5) is 0. The predicted octanol–water partition coefficient (Wildman–Crippen LogP) is 4.41. The topological polar surface area (TPSA) is 38.0 Å². The van der Waals surface area contributed by atoms with Crippen LogP contribution in [0.15, 0.2) is 36.4 Å². The zero-order valence-corrected chi connectivity index (χ0v) is 10.9. The molecule has 0 spiro atoms. The summed E-state index contributed by atoms with van der Waals surface area (Å²) < 4.78 is 26.8. The number of hydrogen-bond acceptors (Lipinski definition) is 2. The van der Waals surface area contributed by atoms with Crippen LogP contribution in [-0.2, 0) is 0 Å². The van der Waals surface area contributed by atoms with Crippen LogP contribution in [0.25, 0.3) is 0 Å². The second-order valence-corrected chi connectivity index (χ2v) is 4.73. The van der Waals surface area contributed by atoms with Crippen LogP contribution >= 0.6 is 0 Å². The first-order chi connectivity index (χ1) is 8.99. The number of benzene rings is 2. The molecule has 0 heterocycles. The molecule has 19 heavy (non-hydrogen) atoms. The number of nitrogens with one attached hydrogen (secondary N) is 1. The van der Waals surface area contributed by atoms with Crippen molar-refractivity contribution >= 4 is 17.1 Å². The van der Waals surface area contributed by atoms with Crippen molar-refractivity contribution in [1.82, 2.24) is 0 Å². The van der Waals surface area contributed by atoms with Crippen molar-refractivity contribution in [1.29, 1.82) is 0 Å². The third-order valence-corrected chi connectivity index (χ3v) is 2.97. The molecule has 2 aromatic rings. The minimum atomic E-state index is -0.965. The summed E-state index contributed by atoms with van der Waals surface area (Å²) >= 11 is 0. The smallest absolute Gasteiger partial charge is 0.184 e.